The quantitative estimate of drug-likeness (QED) is 0.186. The van der Waals surface area contributed by atoms with Gasteiger partial charge in [0.1, 0.15) is 12.4 Å². The maximum Gasteiger partial charge on any atom is 0.287 e. The first kappa shape index (κ1) is 21.8. The Morgan fingerprint density at radius 3 is 2.70 bits per heavy atom. The number of nitrogens with zero attached hydrogens (tertiary/aromatic N) is 3. The summed E-state index contributed by atoms with van der Waals surface area (Å²) < 4.78 is 50.2. The molecule has 0 aliphatic carbocycles. The van der Waals surface area contributed by atoms with Crippen LogP contribution >= 0.6 is 15.9 Å². The molecule has 1 aromatic heterocycles. The summed E-state index contributed by atoms with van der Waals surface area (Å²) in [6.07, 6.45) is 0. The Bertz CT molecular complexity index is 1140. The van der Waals surface area contributed by atoms with Crippen LogP contribution in [0.2, 0.25) is 0 Å². The van der Waals surface area contributed by atoms with E-state index < -0.39 is 15.8 Å². The van der Waals surface area contributed by atoms with E-state index in [9.17, 15) is 18.0 Å². The lowest BCUT2D eigenvalue weighted by atomic mass is 10.3. The number of rotatable bonds is 8. The van der Waals surface area contributed by atoms with Crippen molar-refractivity contribution >= 4 is 37.5 Å². The molecule has 0 radical (unpaired) electrons. The molecular weight excluding hydrogens is 485 g/mol. The summed E-state index contributed by atoms with van der Waals surface area (Å²) in [5.41, 5.74) is 2.08. The number of hydrogen-bond acceptors (Lipinski definition) is 8. The lowest BCUT2D eigenvalue weighted by Gasteiger charge is -2.08. The third-order valence-electron chi connectivity index (χ3n) is 3.62. The number of aromatic nitrogens is 2. The number of nitrogens with one attached hydrogen (secondary N) is 2. The van der Waals surface area contributed by atoms with Crippen LogP contribution in [0.15, 0.2) is 67.5 Å². The molecule has 30 heavy (non-hydrogen) atoms. The fourth-order valence-corrected chi connectivity index (χ4v) is 3.64. The number of benzene rings is 2. The van der Waals surface area contributed by atoms with Crippen LogP contribution in [0.1, 0.15) is 5.69 Å². The lowest BCUT2D eigenvalue weighted by Crippen LogP contribution is -2.28. The maximum atomic E-state index is 13.4. The summed E-state index contributed by atoms with van der Waals surface area (Å²) in [7, 11) is -3.68. The van der Waals surface area contributed by atoms with Crippen molar-refractivity contribution in [2.24, 2.45) is 4.99 Å². The minimum atomic E-state index is -3.68. The first-order chi connectivity index (χ1) is 14.4. The average Bonchev–Trinajstić information content (AvgIpc) is 3.21. The summed E-state index contributed by atoms with van der Waals surface area (Å²) in [6, 6.07) is 11.8. The molecule has 0 bridgehead atoms. The topological polar surface area (TPSA) is 139 Å². The van der Waals surface area contributed by atoms with Gasteiger partial charge in [0.25, 0.3) is 5.88 Å². The van der Waals surface area contributed by atoms with Gasteiger partial charge in [-0.2, -0.15) is 0 Å². The zero-order valence-electron chi connectivity index (χ0n) is 15.1. The highest BCUT2D eigenvalue weighted by atomic mass is 79.9. The van der Waals surface area contributed by atoms with E-state index in [1.165, 1.54) is 30.3 Å². The van der Waals surface area contributed by atoms with Crippen LogP contribution in [0.3, 0.4) is 0 Å². The molecule has 3 N–H and O–H groups in total. The SMILES string of the molecule is O=S(=O)(NCCOc1nonc1C(=Nc1ccc(F)c(Br)c1)NO)c1ccccc1. The number of amidine groups is 1. The maximum absolute atomic E-state index is 13.4. The minimum absolute atomic E-state index is 0.0620. The van der Waals surface area contributed by atoms with E-state index in [-0.39, 0.29) is 39.9 Å². The normalized spacial score (nSPS) is 12.0. The Morgan fingerprint density at radius 1 is 1.23 bits per heavy atom. The highest BCUT2D eigenvalue weighted by Gasteiger charge is 2.19. The molecule has 0 saturated heterocycles. The molecule has 0 amide bonds. The molecule has 3 aromatic rings. The van der Waals surface area contributed by atoms with Crippen molar-refractivity contribution < 1.29 is 27.4 Å². The molecule has 0 fully saturated rings. The highest BCUT2D eigenvalue weighted by Crippen LogP contribution is 2.23. The number of halogens is 2. The number of aliphatic imine (C=N–C) groups is 1. The fraction of sp³-hybridized carbons (Fsp3) is 0.118. The van der Waals surface area contributed by atoms with Crippen molar-refractivity contribution in [2.45, 2.75) is 4.90 Å². The van der Waals surface area contributed by atoms with Crippen molar-refractivity contribution in [3.05, 3.63) is 64.5 Å². The van der Waals surface area contributed by atoms with Crippen molar-refractivity contribution in [3.63, 3.8) is 0 Å². The van der Waals surface area contributed by atoms with Crippen LogP contribution in [0.4, 0.5) is 10.1 Å². The van der Waals surface area contributed by atoms with E-state index >= 15 is 0 Å². The lowest BCUT2D eigenvalue weighted by molar-refractivity contribution is 0.233. The summed E-state index contributed by atoms with van der Waals surface area (Å²) in [5, 5.41) is 16.6. The Balaban J connectivity index is 1.66. The second-order valence-corrected chi connectivity index (χ2v) is 8.27. The number of hydroxylamine groups is 1. The smallest absolute Gasteiger partial charge is 0.287 e. The molecule has 10 nitrogen and oxygen atoms in total. The predicted octanol–water partition coefficient (Wildman–Crippen LogP) is 2.39. The van der Waals surface area contributed by atoms with E-state index in [0.29, 0.717) is 5.69 Å². The zero-order chi connectivity index (χ0) is 21.6. The zero-order valence-corrected chi connectivity index (χ0v) is 17.5. The second kappa shape index (κ2) is 9.75. The molecule has 1 heterocycles. The predicted molar refractivity (Wildman–Crippen MR) is 107 cm³/mol. The second-order valence-electron chi connectivity index (χ2n) is 5.65. The Morgan fingerprint density at radius 2 is 2.00 bits per heavy atom. The molecule has 3 rings (SSSR count). The minimum Gasteiger partial charge on any atom is -0.472 e. The number of ether oxygens (including phenoxy) is 1. The molecule has 0 aliphatic rings. The molecule has 0 atom stereocenters. The third kappa shape index (κ3) is 5.38. The number of sulfonamides is 1. The van der Waals surface area contributed by atoms with Crippen molar-refractivity contribution in [1.82, 2.24) is 20.5 Å². The van der Waals surface area contributed by atoms with Gasteiger partial charge in [-0.3, -0.25) is 10.7 Å². The van der Waals surface area contributed by atoms with Gasteiger partial charge in [-0.15, -0.1) is 0 Å². The molecule has 0 unspecified atom stereocenters. The standard InChI is InChI=1S/C17H15BrFN5O5S/c18-13-10-11(6-7-14(13)19)21-16(22-25)15-17(24-29-23-15)28-9-8-20-30(26,27)12-4-2-1-3-5-12/h1-7,10,20,25H,8-9H2,(H,21,22). The summed E-state index contributed by atoms with van der Waals surface area (Å²) in [4.78, 5) is 4.22. The summed E-state index contributed by atoms with van der Waals surface area (Å²) in [5.74, 6) is -0.775. The van der Waals surface area contributed by atoms with Crippen LogP contribution in [-0.4, -0.2) is 42.9 Å². The van der Waals surface area contributed by atoms with Gasteiger partial charge in [-0.05, 0) is 56.6 Å². The molecule has 0 saturated carbocycles. The molecule has 158 valence electrons. The van der Waals surface area contributed by atoms with Crippen molar-refractivity contribution in [3.8, 4) is 5.88 Å². The van der Waals surface area contributed by atoms with E-state index in [2.05, 4.69) is 40.6 Å². The van der Waals surface area contributed by atoms with E-state index in [4.69, 9.17) is 4.74 Å². The fourth-order valence-electron chi connectivity index (χ4n) is 2.24. The Labute approximate surface area is 178 Å². The average molecular weight is 500 g/mol. The van der Waals surface area contributed by atoms with Gasteiger partial charge in [0.15, 0.2) is 5.84 Å². The first-order valence-electron chi connectivity index (χ1n) is 8.35. The van der Waals surface area contributed by atoms with Gasteiger partial charge < -0.3 is 4.74 Å². The highest BCUT2D eigenvalue weighted by molar-refractivity contribution is 9.10. The van der Waals surface area contributed by atoms with Gasteiger partial charge >= 0.3 is 0 Å². The molecule has 0 aliphatic heterocycles. The Hall–Kier alpha value is -2.87. The monoisotopic (exact) mass is 499 g/mol. The Kier molecular flexibility index (Phi) is 7.10. The van der Waals surface area contributed by atoms with Crippen LogP contribution in [0, 0.1) is 5.82 Å². The van der Waals surface area contributed by atoms with Gasteiger partial charge in [0.2, 0.25) is 15.7 Å². The summed E-state index contributed by atoms with van der Waals surface area (Å²) >= 11 is 3.04. The van der Waals surface area contributed by atoms with Gasteiger partial charge in [0.05, 0.1) is 15.1 Å². The van der Waals surface area contributed by atoms with E-state index in [1.807, 2.05) is 5.48 Å². The van der Waals surface area contributed by atoms with Crippen molar-refractivity contribution in [2.75, 3.05) is 13.2 Å². The third-order valence-corrected chi connectivity index (χ3v) is 5.70. The summed E-state index contributed by atoms with van der Waals surface area (Å²) in [6.45, 7) is -0.165. The molecule has 0 spiro atoms. The van der Waals surface area contributed by atoms with Gasteiger partial charge in [-0.25, -0.2) is 27.2 Å². The van der Waals surface area contributed by atoms with Crippen LogP contribution in [-0.2, 0) is 10.0 Å². The van der Waals surface area contributed by atoms with Crippen LogP contribution in [0.5, 0.6) is 5.88 Å². The van der Waals surface area contributed by atoms with E-state index in [0.717, 1.165) is 0 Å². The first-order valence-corrected chi connectivity index (χ1v) is 10.6. The van der Waals surface area contributed by atoms with Crippen molar-refractivity contribution in [1.29, 1.82) is 0 Å². The van der Waals surface area contributed by atoms with Crippen LogP contribution in [0.25, 0.3) is 0 Å². The van der Waals surface area contributed by atoms with Crippen LogP contribution < -0.4 is 14.9 Å². The number of hydrogen-bond donors (Lipinski definition) is 3. The van der Waals surface area contributed by atoms with Gasteiger partial charge in [0, 0.05) is 6.54 Å². The molecule has 13 heteroatoms. The largest absolute Gasteiger partial charge is 0.472 e. The van der Waals surface area contributed by atoms with Gasteiger partial charge in [-0.1, -0.05) is 18.2 Å². The molecule has 2 aromatic carbocycles. The van der Waals surface area contributed by atoms with E-state index in [1.54, 1.807) is 18.2 Å². The molecular formula is C17H15BrFN5O5S.